The van der Waals surface area contributed by atoms with Crippen LogP contribution in [0.1, 0.15) is 22.3 Å². The van der Waals surface area contributed by atoms with Gasteiger partial charge in [-0.15, -0.1) is 10.2 Å². The standard InChI is InChI=1S/C23H24N4OS/c1-15-9-10-16(2)21-19(15)13-17(3)22-25-26-23(27(21)22)29-14-20(28)24-12-11-18-7-5-4-6-8-18/h4-10,13H,11-12,14H2,1-3H3,(H,24,28). The summed E-state index contributed by atoms with van der Waals surface area (Å²) in [5.74, 6) is 0.322. The summed E-state index contributed by atoms with van der Waals surface area (Å²) in [4.78, 5) is 12.3. The van der Waals surface area contributed by atoms with Crippen LogP contribution in [-0.2, 0) is 11.2 Å². The molecule has 2 aromatic heterocycles. The Morgan fingerprint density at radius 1 is 1.00 bits per heavy atom. The number of hydrogen-bond acceptors (Lipinski definition) is 4. The summed E-state index contributed by atoms with van der Waals surface area (Å²) in [5.41, 5.74) is 6.65. The van der Waals surface area contributed by atoms with Crippen molar-refractivity contribution in [2.45, 2.75) is 32.3 Å². The summed E-state index contributed by atoms with van der Waals surface area (Å²) in [6.07, 6.45) is 0.827. The van der Waals surface area contributed by atoms with E-state index >= 15 is 0 Å². The summed E-state index contributed by atoms with van der Waals surface area (Å²) in [7, 11) is 0. The van der Waals surface area contributed by atoms with Crippen LogP contribution >= 0.6 is 11.8 Å². The van der Waals surface area contributed by atoms with E-state index in [9.17, 15) is 4.79 Å². The minimum atomic E-state index is 0.00698. The summed E-state index contributed by atoms with van der Waals surface area (Å²) < 4.78 is 2.09. The third-order valence-electron chi connectivity index (χ3n) is 5.12. The molecule has 29 heavy (non-hydrogen) atoms. The lowest BCUT2D eigenvalue weighted by Gasteiger charge is -2.11. The molecule has 148 valence electrons. The van der Waals surface area contributed by atoms with E-state index in [-0.39, 0.29) is 5.91 Å². The minimum absolute atomic E-state index is 0.00698. The molecule has 0 aliphatic carbocycles. The van der Waals surface area contributed by atoms with Gasteiger partial charge in [0.1, 0.15) is 0 Å². The van der Waals surface area contributed by atoms with Crippen LogP contribution in [0.4, 0.5) is 0 Å². The molecular weight excluding hydrogens is 380 g/mol. The zero-order valence-electron chi connectivity index (χ0n) is 16.9. The first-order chi connectivity index (χ1) is 14.0. The predicted molar refractivity (Wildman–Crippen MR) is 119 cm³/mol. The fraction of sp³-hybridized carbons (Fsp3) is 0.261. The van der Waals surface area contributed by atoms with Crippen LogP contribution in [0.15, 0.2) is 53.7 Å². The van der Waals surface area contributed by atoms with Crippen LogP contribution in [0.5, 0.6) is 0 Å². The van der Waals surface area contributed by atoms with Gasteiger partial charge in [0.15, 0.2) is 10.8 Å². The third kappa shape index (κ3) is 3.98. The first kappa shape index (κ1) is 19.5. The number of thioether (sulfide) groups is 1. The van der Waals surface area contributed by atoms with Gasteiger partial charge in [0.2, 0.25) is 5.91 Å². The van der Waals surface area contributed by atoms with Crippen LogP contribution < -0.4 is 5.32 Å². The van der Waals surface area contributed by atoms with Crippen molar-refractivity contribution >= 4 is 34.2 Å². The number of benzene rings is 2. The van der Waals surface area contributed by atoms with Crippen LogP contribution in [0.2, 0.25) is 0 Å². The summed E-state index contributed by atoms with van der Waals surface area (Å²) in [6, 6.07) is 16.6. The number of rotatable bonds is 6. The van der Waals surface area contributed by atoms with Crippen LogP contribution in [0.3, 0.4) is 0 Å². The largest absolute Gasteiger partial charge is 0.355 e. The molecule has 4 rings (SSSR count). The minimum Gasteiger partial charge on any atom is -0.355 e. The van der Waals surface area contributed by atoms with E-state index in [1.165, 1.54) is 33.8 Å². The number of aromatic nitrogens is 3. The fourth-order valence-corrected chi connectivity index (χ4v) is 4.34. The molecule has 0 radical (unpaired) electrons. The number of amides is 1. The SMILES string of the molecule is Cc1ccc(C)c2c1cc(C)c1nnc(SCC(=O)NCCc3ccccc3)n12. The summed E-state index contributed by atoms with van der Waals surface area (Å²) in [5, 5.41) is 13.7. The molecule has 1 N–H and O–H groups in total. The van der Waals surface area contributed by atoms with E-state index in [1.807, 2.05) is 18.2 Å². The monoisotopic (exact) mass is 404 g/mol. The predicted octanol–water partition coefficient (Wildman–Crippen LogP) is 4.26. The number of pyridine rings is 1. The van der Waals surface area contributed by atoms with E-state index < -0.39 is 0 Å². The molecule has 0 fully saturated rings. The molecule has 0 atom stereocenters. The molecule has 5 nitrogen and oxygen atoms in total. The number of carbonyl (C=O) groups excluding carboxylic acids is 1. The zero-order valence-corrected chi connectivity index (χ0v) is 17.7. The van der Waals surface area contributed by atoms with E-state index in [2.05, 4.69) is 71.0 Å². The highest BCUT2D eigenvalue weighted by molar-refractivity contribution is 7.99. The van der Waals surface area contributed by atoms with Crippen LogP contribution in [0, 0.1) is 20.8 Å². The van der Waals surface area contributed by atoms with Crippen molar-refractivity contribution in [1.82, 2.24) is 19.9 Å². The van der Waals surface area contributed by atoms with Gasteiger partial charge in [-0.3, -0.25) is 9.20 Å². The lowest BCUT2D eigenvalue weighted by atomic mass is 10.0. The Bertz CT molecular complexity index is 1180. The first-order valence-electron chi connectivity index (χ1n) is 9.72. The second-order valence-electron chi connectivity index (χ2n) is 7.30. The van der Waals surface area contributed by atoms with Crippen molar-refractivity contribution in [3.63, 3.8) is 0 Å². The Morgan fingerprint density at radius 2 is 1.76 bits per heavy atom. The quantitative estimate of drug-likeness (QED) is 0.488. The van der Waals surface area contributed by atoms with Crippen LogP contribution in [0.25, 0.3) is 16.6 Å². The Kier molecular flexibility index (Phi) is 5.53. The molecule has 1 amide bonds. The Balaban J connectivity index is 1.51. The molecule has 0 spiro atoms. The molecule has 0 aliphatic rings. The van der Waals surface area contributed by atoms with Crippen molar-refractivity contribution in [1.29, 1.82) is 0 Å². The Labute approximate surface area is 174 Å². The third-order valence-corrected chi connectivity index (χ3v) is 6.05. The van der Waals surface area contributed by atoms with Crippen molar-refractivity contribution in [3.8, 4) is 0 Å². The van der Waals surface area contributed by atoms with E-state index in [1.54, 1.807) is 0 Å². The van der Waals surface area contributed by atoms with Gasteiger partial charge in [0, 0.05) is 11.9 Å². The Hall–Kier alpha value is -2.86. The average molecular weight is 405 g/mol. The maximum atomic E-state index is 12.3. The molecule has 0 saturated carbocycles. The maximum absolute atomic E-state index is 12.3. The van der Waals surface area contributed by atoms with Crippen molar-refractivity contribution in [3.05, 3.63) is 70.8 Å². The van der Waals surface area contributed by atoms with Gasteiger partial charge in [-0.2, -0.15) is 0 Å². The van der Waals surface area contributed by atoms with E-state index in [0.29, 0.717) is 12.3 Å². The van der Waals surface area contributed by atoms with Gasteiger partial charge in [-0.25, -0.2) is 0 Å². The number of aryl methyl sites for hydroxylation is 3. The highest BCUT2D eigenvalue weighted by atomic mass is 32.2. The highest BCUT2D eigenvalue weighted by Gasteiger charge is 2.15. The first-order valence-corrected chi connectivity index (χ1v) is 10.7. The molecule has 4 aromatic rings. The summed E-state index contributed by atoms with van der Waals surface area (Å²) in [6.45, 7) is 6.89. The summed E-state index contributed by atoms with van der Waals surface area (Å²) >= 11 is 1.43. The second kappa shape index (κ2) is 8.25. The van der Waals surface area contributed by atoms with Gasteiger partial charge in [0.05, 0.1) is 11.3 Å². The molecule has 2 aromatic carbocycles. The zero-order chi connectivity index (χ0) is 20.4. The van der Waals surface area contributed by atoms with Gasteiger partial charge in [-0.05, 0) is 55.5 Å². The lowest BCUT2D eigenvalue weighted by Crippen LogP contribution is -2.27. The van der Waals surface area contributed by atoms with E-state index in [4.69, 9.17) is 0 Å². The molecule has 0 bridgehead atoms. The molecule has 6 heteroatoms. The molecule has 2 heterocycles. The smallest absolute Gasteiger partial charge is 0.230 e. The van der Waals surface area contributed by atoms with Gasteiger partial charge < -0.3 is 5.32 Å². The fourth-order valence-electron chi connectivity index (χ4n) is 3.57. The molecule has 0 unspecified atom stereocenters. The van der Waals surface area contributed by atoms with Gasteiger partial charge in [0.25, 0.3) is 0 Å². The van der Waals surface area contributed by atoms with Crippen molar-refractivity contribution < 1.29 is 4.79 Å². The van der Waals surface area contributed by atoms with Crippen molar-refractivity contribution in [2.75, 3.05) is 12.3 Å². The topological polar surface area (TPSA) is 59.3 Å². The molecule has 0 aliphatic heterocycles. The lowest BCUT2D eigenvalue weighted by molar-refractivity contribution is -0.118. The Morgan fingerprint density at radius 3 is 2.55 bits per heavy atom. The number of fused-ring (bicyclic) bond motifs is 3. The maximum Gasteiger partial charge on any atom is 0.230 e. The number of nitrogens with one attached hydrogen (secondary N) is 1. The van der Waals surface area contributed by atoms with Gasteiger partial charge in [-0.1, -0.05) is 54.2 Å². The van der Waals surface area contributed by atoms with Crippen LogP contribution in [-0.4, -0.2) is 32.8 Å². The van der Waals surface area contributed by atoms with Gasteiger partial charge >= 0.3 is 0 Å². The number of carbonyl (C=O) groups is 1. The van der Waals surface area contributed by atoms with Crippen molar-refractivity contribution in [2.24, 2.45) is 0 Å². The highest BCUT2D eigenvalue weighted by Crippen LogP contribution is 2.29. The average Bonchev–Trinajstić information content (AvgIpc) is 3.15. The second-order valence-corrected chi connectivity index (χ2v) is 8.25. The van der Waals surface area contributed by atoms with E-state index in [0.717, 1.165) is 28.3 Å². The normalized spacial score (nSPS) is 11.3. The number of nitrogens with zero attached hydrogens (tertiary/aromatic N) is 3. The molecular formula is C23H24N4OS. The molecule has 0 saturated heterocycles. The number of hydrogen-bond donors (Lipinski definition) is 1.